The SMILES string of the molecule is C=CCOC(c1ccc(C2CCC(CC=C)CC2)cc1)c1ccccc1F. The van der Waals surface area contributed by atoms with Crippen LogP contribution in [0.5, 0.6) is 0 Å². The molecule has 0 N–H and O–H groups in total. The van der Waals surface area contributed by atoms with Crippen LogP contribution in [0, 0.1) is 11.7 Å². The molecule has 3 rings (SSSR count). The Balaban J connectivity index is 1.75. The lowest BCUT2D eigenvalue weighted by Gasteiger charge is -2.28. The van der Waals surface area contributed by atoms with Gasteiger partial charge in [-0.3, -0.25) is 0 Å². The molecule has 142 valence electrons. The van der Waals surface area contributed by atoms with Gasteiger partial charge in [-0.15, -0.1) is 13.2 Å². The lowest BCUT2D eigenvalue weighted by Crippen LogP contribution is -2.13. The summed E-state index contributed by atoms with van der Waals surface area (Å²) in [5, 5.41) is 0. The molecule has 0 saturated heterocycles. The second-order valence-electron chi connectivity index (χ2n) is 7.43. The molecule has 0 amide bonds. The number of allylic oxidation sites excluding steroid dienone is 1. The third-order valence-corrected chi connectivity index (χ3v) is 5.63. The van der Waals surface area contributed by atoms with Crippen LogP contribution in [0.2, 0.25) is 0 Å². The van der Waals surface area contributed by atoms with Crippen molar-refractivity contribution in [1.29, 1.82) is 0 Å². The zero-order chi connectivity index (χ0) is 19.1. The van der Waals surface area contributed by atoms with Gasteiger partial charge >= 0.3 is 0 Å². The van der Waals surface area contributed by atoms with Crippen LogP contribution in [0.3, 0.4) is 0 Å². The molecule has 0 aliphatic heterocycles. The van der Waals surface area contributed by atoms with E-state index in [4.69, 9.17) is 4.74 Å². The number of hydrogen-bond acceptors (Lipinski definition) is 1. The first-order valence-electron chi connectivity index (χ1n) is 9.90. The van der Waals surface area contributed by atoms with E-state index in [0.29, 0.717) is 18.1 Å². The van der Waals surface area contributed by atoms with Crippen molar-refractivity contribution in [2.45, 2.75) is 44.1 Å². The largest absolute Gasteiger partial charge is 0.365 e. The molecule has 0 aromatic heterocycles. The third-order valence-electron chi connectivity index (χ3n) is 5.63. The van der Waals surface area contributed by atoms with Crippen molar-refractivity contribution in [3.63, 3.8) is 0 Å². The Morgan fingerprint density at radius 3 is 2.30 bits per heavy atom. The lowest BCUT2D eigenvalue weighted by molar-refractivity contribution is 0.101. The van der Waals surface area contributed by atoms with Gasteiger partial charge < -0.3 is 4.74 Å². The molecular weight excluding hydrogens is 335 g/mol. The molecule has 0 bridgehead atoms. The Morgan fingerprint density at radius 2 is 1.67 bits per heavy atom. The van der Waals surface area contributed by atoms with Crippen LogP contribution < -0.4 is 0 Å². The lowest BCUT2D eigenvalue weighted by atomic mass is 9.77. The molecular formula is C25H29FO. The zero-order valence-corrected chi connectivity index (χ0v) is 15.9. The molecule has 2 aromatic carbocycles. The molecule has 0 radical (unpaired) electrons. The predicted molar refractivity (Wildman–Crippen MR) is 110 cm³/mol. The maximum absolute atomic E-state index is 14.3. The molecule has 1 unspecified atom stereocenters. The summed E-state index contributed by atoms with van der Waals surface area (Å²) in [5.41, 5.74) is 2.93. The molecule has 0 spiro atoms. The summed E-state index contributed by atoms with van der Waals surface area (Å²) < 4.78 is 20.2. The Labute approximate surface area is 162 Å². The van der Waals surface area contributed by atoms with Crippen molar-refractivity contribution in [3.8, 4) is 0 Å². The zero-order valence-electron chi connectivity index (χ0n) is 15.9. The monoisotopic (exact) mass is 364 g/mol. The molecule has 1 nitrogen and oxygen atoms in total. The number of halogens is 1. The van der Waals surface area contributed by atoms with Crippen LogP contribution in [0.4, 0.5) is 4.39 Å². The second kappa shape index (κ2) is 9.66. The van der Waals surface area contributed by atoms with Gasteiger partial charge in [0.2, 0.25) is 0 Å². The van der Waals surface area contributed by atoms with Crippen LogP contribution in [-0.2, 0) is 4.74 Å². The predicted octanol–water partition coefficient (Wildman–Crippen LogP) is 6.97. The van der Waals surface area contributed by atoms with E-state index in [0.717, 1.165) is 17.9 Å². The maximum Gasteiger partial charge on any atom is 0.129 e. The minimum Gasteiger partial charge on any atom is -0.365 e. The van der Waals surface area contributed by atoms with Crippen LogP contribution in [-0.4, -0.2) is 6.61 Å². The van der Waals surface area contributed by atoms with Gasteiger partial charge in [-0.25, -0.2) is 4.39 Å². The summed E-state index contributed by atoms with van der Waals surface area (Å²) in [6.45, 7) is 7.96. The van der Waals surface area contributed by atoms with Crippen molar-refractivity contribution in [2.24, 2.45) is 5.92 Å². The molecule has 0 heterocycles. The van der Waals surface area contributed by atoms with E-state index in [1.165, 1.54) is 37.3 Å². The summed E-state index contributed by atoms with van der Waals surface area (Å²) in [7, 11) is 0. The van der Waals surface area contributed by atoms with Crippen molar-refractivity contribution >= 4 is 0 Å². The number of ether oxygens (including phenoxy) is 1. The summed E-state index contributed by atoms with van der Waals surface area (Å²) in [5.74, 6) is 1.19. The standard InChI is InChI=1S/C25H29FO/c1-3-7-19-10-12-20(13-11-19)21-14-16-22(17-15-21)25(27-18-4-2)23-8-5-6-9-24(23)26/h3-6,8-9,14-17,19-20,25H,1-2,7,10-13,18H2. The van der Waals surface area contributed by atoms with E-state index in [2.05, 4.69) is 37.4 Å². The normalized spacial score (nSPS) is 20.8. The fourth-order valence-corrected chi connectivity index (χ4v) is 4.13. The molecule has 1 aliphatic carbocycles. The molecule has 1 saturated carbocycles. The van der Waals surface area contributed by atoms with E-state index in [-0.39, 0.29) is 5.82 Å². The maximum atomic E-state index is 14.3. The molecule has 2 aromatic rings. The van der Waals surface area contributed by atoms with Crippen molar-refractivity contribution in [3.05, 3.63) is 96.3 Å². The van der Waals surface area contributed by atoms with Gasteiger partial charge in [-0.05, 0) is 61.1 Å². The van der Waals surface area contributed by atoms with Gasteiger partial charge in [-0.1, -0.05) is 54.6 Å². The minimum absolute atomic E-state index is 0.240. The van der Waals surface area contributed by atoms with E-state index in [1.807, 2.05) is 12.1 Å². The van der Waals surface area contributed by atoms with E-state index in [9.17, 15) is 4.39 Å². The highest BCUT2D eigenvalue weighted by molar-refractivity contribution is 5.34. The third kappa shape index (κ3) is 4.95. The van der Waals surface area contributed by atoms with Gasteiger partial charge in [-0.2, -0.15) is 0 Å². The van der Waals surface area contributed by atoms with Gasteiger partial charge in [0.15, 0.2) is 0 Å². The fraction of sp³-hybridized carbons (Fsp3) is 0.360. The van der Waals surface area contributed by atoms with Gasteiger partial charge in [0.05, 0.1) is 6.61 Å². The highest BCUT2D eigenvalue weighted by atomic mass is 19.1. The van der Waals surface area contributed by atoms with Gasteiger partial charge in [0, 0.05) is 5.56 Å². The average Bonchev–Trinajstić information content (AvgIpc) is 2.71. The Kier molecular flexibility index (Phi) is 7.00. The first-order chi connectivity index (χ1) is 13.2. The Hall–Kier alpha value is -2.19. The topological polar surface area (TPSA) is 9.23 Å². The van der Waals surface area contributed by atoms with Crippen LogP contribution in [0.1, 0.15) is 60.8 Å². The molecule has 2 heteroatoms. The molecule has 1 atom stereocenters. The van der Waals surface area contributed by atoms with Gasteiger partial charge in [0.25, 0.3) is 0 Å². The van der Waals surface area contributed by atoms with E-state index >= 15 is 0 Å². The van der Waals surface area contributed by atoms with Gasteiger partial charge in [0.1, 0.15) is 11.9 Å². The van der Waals surface area contributed by atoms with Crippen LogP contribution in [0.15, 0.2) is 73.8 Å². The second-order valence-corrected chi connectivity index (χ2v) is 7.43. The molecule has 1 fully saturated rings. The fourth-order valence-electron chi connectivity index (χ4n) is 4.13. The minimum atomic E-state index is -0.415. The number of benzene rings is 2. The van der Waals surface area contributed by atoms with Crippen molar-refractivity contribution in [1.82, 2.24) is 0 Å². The summed E-state index contributed by atoms with van der Waals surface area (Å²) in [6.07, 6.45) is 9.49. The first kappa shape index (κ1) is 19.6. The highest BCUT2D eigenvalue weighted by Gasteiger charge is 2.23. The van der Waals surface area contributed by atoms with Crippen molar-refractivity contribution < 1.29 is 9.13 Å². The van der Waals surface area contributed by atoms with Crippen LogP contribution in [0.25, 0.3) is 0 Å². The highest BCUT2D eigenvalue weighted by Crippen LogP contribution is 2.38. The van der Waals surface area contributed by atoms with Crippen molar-refractivity contribution in [2.75, 3.05) is 6.61 Å². The quantitative estimate of drug-likeness (QED) is 0.460. The first-order valence-corrected chi connectivity index (χ1v) is 9.90. The Morgan fingerprint density at radius 1 is 0.963 bits per heavy atom. The summed E-state index contributed by atoms with van der Waals surface area (Å²) in [6, 6.07) is 15.4. The summed E-state index contributed by atoms with van der Waals surface area (Å²) in [4.78, 5) is 0. The molecule has 27 heavy (non-hydrogen) atoms. The molecule has 1 aliphatic rings. The van der Waals surface area contributed by atoms with E-state index < -0.39 is 6.10 Å². The smallest absolute Gasteiger partial charge is 0.129 e. The van der Waals surface area contributed by atoms with E-state index in [1.54, 1.807) is 18.2 Å². The number of rotatable bonds is 8. The average molecular weight is 365 g/mol. The summed E-state index contributed by atoms with van der Waals surface area (Å²) >= 11 is 0. The van der Waals surface area contributed by atoms with Crippen LogP contribution >= 0.6 is 0 Å². The number of hydrogen-bond donors (Lipinski definition) is 0. The Bertz CT molecular complexity index is 741.